The third kappa shape index (κ3) is 2.02. The standard InChI is InChI=1S/C11H14N6O/c1-6-10(13-3)14-7(2)15-11(6)17-5-4-8(16-17)9(12)18/h4-5H,1-3H3,(H2,12,18)(H,13,14,15). The molecule has 3 N–H and O–H groups in total. The number of rotatable bonds is 3. The lowest BCUT2D eigenvalue weighted by Gasteiger charge is -2.10. The molecule has 0 radical (unpaired) electrons. The number of hydrogen-bond donors (Lipinski definition) is 2. The van der Waals surface area contributed by atoms with Crippen molar-refractivity contribution < 1.29 is 4.79 Å². The van der Waals surface area contributed by atoms with Crippen molar-refractivity contribution in [3.63, 3.8) is 0 Å². The van der Waals surface area contributed by atoms with Crippen LogP contribution in [-0.2, 0) is 0 Å². The predicted octanol–water partition coefficient (Wildman–Crippen LogP) is 0.420. The van der Waals surface area contributed by atoms with Crippen molar-refractivity contribution in [1.29, 1.82) is 0 Å². The number of amides is 1. The van der Waals surface area contributed by atoms with E-state index in [1.807, 2.05) is 6.92 Å². The topological polar surface area (TPSA) is 98.7 Å². The van der Waals surface area contributed by atoms with E-state index in [0.29, 0.717) is 11.6 Å². The number of carbonyl (C=O) groups is 1. The van der Waals surface area contributed by atoms with Crippen molar-refractivity contribution in [2.24, 2.45) is 5.73 Å². The number of carbonyl (C=O) groups excluding carboxylic acids is 1. The highest BCUT2D eigenvalue weighted by molar-refractivity contribution is 5.90. The summed E-state index contributed by atoms with van der Waals surface area (Å²) >= 11 is 0. The van der Waals surface area contributed by atoms with Gasteiger partial charge in [0.25, 0.3) is 5.91 Å². The van der Waals surface area contributed by atoms with Crippen molar-refractivity contribution in [1.82, 2.24) is 19.7 Å². The van der Waals surface area contributed by atoms with Crippen LogP contribution in [0.25, 0.3) is 5.82 Å². The predicted molar refractivity (Wildman–Crippen MR) is 66.7 cm³/mol. The van der Waals surface area contributed by atoms with Crippen molar-refractivity contribution in [3.8, 4) is 5.82 Å². The zero-order valence-electron chi connectivity index (χ0n) is 10.4. The van der Waals surface area contributed by atoms with Crippen LogP contribution in [0.2, 0.25) is 0 Å². The molecule has 0 bridgehead atoms. The van der Waals surface area contributed by atoms with Crippen LogP contribution in [0.1, 0.15) is 21.9 Å². The van der Waals surface area contributed by atoms with Gasteiger partial charge >= 0.3 is 0 Å². The Balaban J connectivity index is 2.55. The molecule has 1 amide bonds. The zero-order chi connectivity index (χ0) is 13.3. The highest BCUT2D eigenvalue weighted by atomic mass is 16.1. The molecule has 2 aromatic heterocycles. The largest absolute Gasteiger partial charge is 0.373 e. The van der Waals surface area contributed by atoms with Crippen molar-refractivity contribution in [2.45, 2.75) is 13.8 Å². The molecular formula is C11H14N6O. The minimum Gasteiger partial charge on any atom is -0.373 e. The van der Waals surface area contributed by atoms with Gasteiger partial charge in [0.15, 0.2) is 5.82 Å². The van der Waals surface area contributed by atoms with E-state index in [1.165, 1.54) is 4.68 Å². The normalized spacial score (nSPS) is 10.4. The van der Waals surface area contributed by atoms with Crippen molar-refractivity contribution in [2.75, 3.05) is 12.4 Å². The first-order valence-electron chi connectivity index (χ1n) is 5.41. The summed E-state index contributed by atoms with van der Waals surface area (Å²) in [6.07, 6.45) is 1.65. The van der Waals surface area contributed by atoms with E-state index in [2.05, 4.69) is 20.4 Å². The number of hydrogen-bond acceptors (Lipinski definition) is 5. The second-order valence-electron chi connectivity index (χ2n) is 3.83. The van der Waals surface area contributed by atoms with Crippen LogP contribution in [0.3, 0.4) is 0 Å². The Hall–Kier alpha value is -2.44. The van der Waals surface area contributed by atoms with Gasteiger partial charge in [-0.05, 0) is 19.9 Å². The first kappa shape index (κ1) is 12.0. The average molecular weight is 246 g/mol. The number of anilines is 1. The fraction of sp³-hybridized carbons (Fsp3) is 0.273. The fourth-order valence-electron chi connectivity index (χ4n) is 1.65. The number of nitrogens with zero attached hydrogens (tertiary/aromatic N) is 4. The van der Waals surface area contributed by atoms with E-state index in [-0.39, 0.29) is 5.69 Å². The molecule has 18 heavy (non-hydrogen) atoms. The van der Waals surface area contributed by atoms with Gasteiger partial charge in [-0.15, -0.1) is 0 Å². The Morgan fingerprint density at radius 3 is 2.67 bits per heavy atom. The van der Waals surface area contributed by atoms with Gasteiger partial charge in [-0.1, -0.05) is 0 Å². The molecular weight excluding hydrogens is 232 g/mol. The molecule has 2 heterocycles. The summed E-state index contributed by atoms with van der Waals surface area (Å²) < 4.78 is 1.52. The monoisotopic (exact) mass is 246 g/mol. The quantitative estimate of drug-likeness (QED) is 0.817. The molecule has 0 aliphatic rings. The number of primary amides is 1. The maximum absolute atomic E-state index is 11.0. The van der Waals surface area contributed by atoms with Crippen LogP contribution >= 0.6 is 0 Å². The van der Waals surface area contributed by atoms with E-state index < -0.39 is 5.91 Å². The van der Waals surface area contributed by atoms with E-state index in [0.717, 1.165) is 11.4 Å². The van der Waals surface area contributed by atoms with Crippen LogP contribution in [0, 0.1) is 13.8 Å². The maximum atomic E-state index is 11.0. The molecule has 0 unspecified atom stereocenters. The van der Waals surface area contributed by atoms with Crippen molar-refractivity contribution in [3.05, 3.63) is 29.3 Å². The van der Waals surface area contributed by atoms with Crippen LogP contribution in [0.4, 0.5) is 5.82 Å². The summed E-state index contributed by atoms with van der Waals surface area (Å²) in [5.41, 5.74) is 6.22. The average Bonchev–Trinajstić information content (AvgIpc) is 2.81. The lowest BCUT2D eigenvalue weighted by Crippen LogP contribution is -2.13. The molecule has 0 spiro atoms. The number of aromatic nitrogens is 4. The highest BCUT2D eigenvalue weighted by Gasteiger charge is 2.12. The molecule has 0 atom stereocenters. The summed E-state index contributed by atoms with van der Waals surface area (Å²) in [6, 6.07) is 1.55. The van der Waals surface area contributed by atoms with E-state index in [9.17, 15) is 4.79 Å². The lowest BCUT2D eigenvalue weighted by molar-refractivity contribution is 0.0995. The summed E-state index contributed by atoms with van der Waals surface area (Å²) in [5, 5.41) is 7.07. The number of aryl methyl sites for hydroxylation is 1. The molecule has 2 rings (SSSR count). The maximum Gasteiger partial charge on any atom is 0.269 e. The Bertz CT molecular complexity index is 604. The molecule has 0 aromatic carbocycles. The first-order valence-corrected chi connectivity index (χ1v) is 5.41. The lowest BCUT2D eigenvalue weighted by atomic mass is 10.3. The summed E-state index contributed by atoms with van der Waals surface area (Å²) in [6.45, 7) is 3.68. The van der Waals surface area contributed by atoms with Gasteiger partial charge in [0.05, 0.1) is 0 Å². The molecule has 0 saturated carbocycles. The zero-order valence-corrected chi connectivity index (χ0v) is 10.4. The fourth-order valence-corrected chi connectivity index (χ4v) is 1.65. The summed E-state index contributed by atoms with van der Waals surface area (Å²) in [7, 11) is 1.79. The van der Waals surface area contributed by atoms with E-state index in [4.69, 9.17) is 5.73 Å². The van der Waals surface area contributed by atoms with Crippen LogP contribution in [0.5, 0.6) is 0 Å². The van der Waals surface area contributed by atoms with Crippen LogP contribution in [0.15, 0.2) is 12.3 Å². The molecule has 0 aliphatic heterocycles. The third-order valence-electron chi connectivity index (χ3n) is 2.53. The van der Waals surface area contributed by atoms with Gasteiger partial charge < -0.3 is 11.1 Å². The Morgan fingerprint density at radius 2 is 2.11 bits per heavy atom. The molecule has 0 saturated heterocycles. The van der Waals surface area contributed by atoms with E-state index >= 15 is 0 Å². The summed E-state index contributed by atoms with van der Waals surface area (Å²) in [5.74, 6) is 1.41. The molecule has 0 fully saturated rings. The number of nitrogens with one attached hydrogen (secondary N) is 1. The van der Waals surface area contributed by atoms with Gasteiger partial charge in [0, 0.05) is 18.8 Å². The Labute approximate surface area is 104 Å². The van der Waals surface area contributed by atoms with Crippen LogP contribution in [-0.4, -0.2) is 32.7 Å². The van der Waals surface area contributed by atoms with Gasteiger partial charge in [-0.3, -0.25) is 4.79 Å². The van der Waals surface area contributed by atoms with E-state index in [1.54, 1.807) is 26.2 Å². The number of nitrogens with two attached hydrogens (primary N) is 1. The summed E-state index contributed by atoms with van der Waals surface area (Å²) in [4.78, 5) is 19.6. The van der Waals surface area contributed by atoms with Gasteiger partial charge in [-0.25, -0.2) is 14.6 Å². The molecule has 94 valence electrons. The van der Waals surface area contributed by atoms with Gasteiger partial charge in [0.1, 0.15) is 17.3 Å². The third-order valence-corrected chi connectivity index (χ3v) is 2.53. The Morgan fingerprint density at radius 1 is 1.39 bits per heavy atom. The second-order valence-corrected chi connectivity index (χ2v) is 3.83. The SMILES string of the molecule is CNc1nc(C)nc(-n2ccc(C(N)=O)n2)c1C. The van der Waals surface area contributed by atoms with Crippen LogP contribution < -0.4 is 11.1 Å². The second kappa shape index (κ2) is 4.44. The molecule has 2 aromatic rings. The minimum absolute atomic E-state index is 0.205. The minimum atomic E-state index is -0.564. The molecule has 0 aliphatic carbocycles. The van der Waals surface area contributed by atoms with Gasteiger partial charge in [0.2, 0.25) is 0 Å². The molecule has 7 heteroatoms. The first-order chi connectivity index (χ1) is 8.52. The smallest absolute Gasteiger partial charge is 0.269 e. The molecule has 7 nitrogen and oxygen atoms in total. The van der Waals surface area contributed by atoms with Gasteiger partial charge in [-0.2, -0.15) is 5.10 Å². The highest BCUT2D eigenvalue weighted by Crippen LogP contribution is 2.18. The van der Waals surface area contributed by atoms with Crippen molar-refractivity contribution >= 4 is 11.7 Å². The Kier molecular flexibility index (Phi) is 2.97.